The highest BCUT2D eigenvalue weighted by Crippen LogP contribution is 2.46. The second-order valence-corrected chi connectivity index (χ2v) is 15.5. The van der Waals surface area contributed by atoms with Gasteiger partial charge in [0.05, 0.1) is 54.2 Å². The minimum absolute atomic E-state index is 0.0189. The lowest BCUT2D eigenvalue weighted by Gasteiger charge is -2.42. The van der Waals surface area contributed by atoms with Gasteiger partial charge in [-0.25, -0.2) is 9.37 Å². The van der Waals surface area contributed by atoms with Crippen LogP contribution < -0.4 is 15.4 Å². The highest BCUT2D eigenvalue weighted by molar-refractivity contribution is 5.88. The van der Waals surface area contributed by atoms with Gasteiger partial charge in [0, 0.05) is 69.8 Å². The Morgan fingerprint density at radius 1 is 1.15 bits per heavy atom. The van der Waals surface area contributed by atoms with Crippen LogP contribution >= 0.6 is 0 Å². The van der Waals surface area contributed by atoms with Gasteiger partial charge in [-0.3, -0.25) is 14.6 Å². The molecule has 4 saturated heterocycles. The van der Waals surface area contributed by atoms with Crippen LogP contribution in [0.1, 0.15) is 66.6 Å². The van der Waals surface area contributed by atoms with E-state index < -0.39 is 35.4 Å². The summed E-state index contributed by atoms with van der Waals surface area (Å²) in [4.78, 5) is 35.6. The van der Waals surface area contributed by atoms with Gasteiger partial charge < -0.3 is 25.0 Å². The van der Waals surface area contributed by atoms with Crippen molar-refractivity contribution in [2.75, 3.05) is 82.8 Å². The number of aryl methyl sites for hydroxylation is 1. The monoisotopic (exact) mass is 755 g/mol. The van der Waals surface area contributed by atoms with E-state index in [0.717, 1.165) is 38.0 Å². The molecule has 2 aromatic rings. The first-order valence-corrected chi connectivity index (χ1v) is 19.0. The highest BCUT2D eigenvalue weighted by Gasteiger charge is 2.50. The number of rotatable bonds is 9. The second kappa shape index (κ2) is 15.6. The number of aromatic nitrogens is 3. The molecule has 0 saturated carbocycles. The fraction of sp³-hybridized carbons (Fsp3) is 0.658. The lowest BCUT2D eigenvalue weighted by molar-refractivity contribution is -0.139. The van der Waals surface area contributed by atoms with Gasteiger partial charge in [0.25, 0.3) is 0 Å². The lowest BCUT2D eigenvalue weighted by atomic mass is 9.75. The van der Waals surface area contributed by atoms with Crippen LogP contribution in [0.2, 0.25) is 0 Å². The van der Waals surface area contributed by atoms with Crippen LogP contribution in [0.4, 0.5) is 29.2 Å². The zero-order chi connectivity index (χ0) is 38.2. The van der Waals surface area contributed by atoms with Crippen LogP contribution in [0.3, 0.4) is 0 Å². The van der Waals surface area contributed by atoms with Crippen LogP contribution in [0, 0.1) is 24.2 Å². The smallest absolute Gasteiger partial charge is 0.418 e. The van der Waals surface area contributed by atoms with Gasteiger partial charge >= 0.3 is 12.2 Å². The third-order valence-corrected chi connectivity index (χ3v) is 11.9. The van der Waals surface area contributed by atoms with Crippen LogP contribution in [0.5, 0.6) is 6.01 Å². The molecule has 0 aromatic carbocycles. The van der Waals surface area contributed by atoms with Gasteiger partial charge in [0.15, 0.2) is 0 Å². The molecule has 5 aliphatic rings. The molecular formula is C38H49F4N9O3. The van der Waals surface area contributed by atoms with Crippen LogP contribution in [0.15, 0.2) is 18.2 Å². The SMILES string of the molecule is Cc1cc(N)nc(C2Cc3nc(OC[C@@]45CCCN4C[C@H](F)C5)nc(N4CCN(C(=O)/C=C/CN5CCOCC5)[C@@H](CC#N)C4)c3CC2C)c1C(F)(F)F. The normalized spacial score (nSPS) is 27.9. The summed E-state index contributed by atoms with van der Waals surface area (Å²) in [5.74, 6) is -0.469. The number of hydrogen-bond donors (Lipinski definition) is 1. The molecule has 2 unspecified atom stereocenters. The van der Waals surface area contributed by atoms with Crippen LogP contribution in [-0.2, 0) is 28.5 Å². The van der Waals surface area contributed by atoms with E-state index in [1.54, 1.807) is 11.0 Å². The Kier molecular flexibility index (Phi) is 11.0. The number of amides is 1. The van der Waals surface area contributed by atoms with E-state index in [-0.39, 0.29) is 54.4 Å². The van der Waals surface area contributed by atoms with E-state index in [2.05, 4.69) is 20.9 Å². The maximum absolute atomic E-state index is 14.6. The van der Waals surface area contributed by atoms with Crippen molar-refractivity contribution in [2.24, 2.45) is 5.92 Å². The molecule has 1 aliphatic carbocycles. The topological polar surface area (TPSA) is 137 Å². The largest absolute Gasteiger partial charge is 0.461 e. The first-order chi connectivity index (χ1) is 25.8. The van der Waals surface area contributed by atoms with Crippen LogP contribution in [-0.4, -0.2) is 125 Å². The number of pyridine rings is 1. The zero-order valence-corrected chi connectivity index (χ0v) is 31.0. The van der Waals surface area contributed by atoms with Crippen molar-refractivity contribution >= 4 is 17.5 Å². The molecule has 6 heterocycles. The van der Waals surface area contributed by atoms with Crippen molar-refractivity contribution < 1.29 is 31.8 Å². The van der Waals surface area contributed by atoms with Gasteiger partial charge in [0.2, 0.25) is 5.91 Å². The van der Waals surface area contributed by atoms with E-state index in [1.807, 2.05) is 17.9 Å². The number of nitrogen functional groups attached to an aromatic ring is 1. The predicted molar refractivity (Wildman–Crippen MR) is 193 cm³/mol. The Labute approximate surface area is 313 Å². The van der Waals surface area contributed by atoms with Gasteiger partial charge in [0.1, 0.15) is 24.4 Å². The van der Waals surface area contributed by atoms with E-state index in [9.17, 15) is 27.6 Å². The lowest BCUT2D eigenvalue weighted by Crippen LogP contribution is -2.55. The number of alkyl halides is 4. The molecule has 54 heavy (non-hydrogen) atoms. The number of piperazine rings is 1. The highest BCUT2D eigenvalue weighted by atomic mass is 19.4. The molecule has 4 fully saturated rings. The first kappa shape index (κ1) is 38.2. The Morgan fingerprint density at radius 3 is 2.70 bits per heavy atom. The standard InChI is InChI=1S/C38H49F4N9O3/c1-24-17-29-30(19-28(24)34-33(38(40,41)42)25(2)18-31(44)46-34)45-36(54-23-37-7-4-10-50(37)21-26(39)20-37)47-35(29)49-11-12-51(27(22-49)6-8-43)32(52)5-3-9-48-13-15-53-16-14-48/h3,5,18,24,26-28H,4,6-7,9-17,19-23H2,1-2H3,(H2,44,46)/b5-3+/t24?,26-,27+,28?,37+/m1/s1. The molecule has 7 rings (SSSR count). The molecule has 16 heteroatoms. The Balaban J connectivity index is 1.19. The molecule has 292 valence electrons. The van der Waals surface area contributed by atoms with Crippen molar-refractivity contribution in [1.82, 2.24) is 29.7 Å². The summed E-state index contributed by atoms with van der Waals surface area (Å²) in [5.41, 5.74) is 6.07. The summed E-state index contributed by atoms with van der Waals surface area (Å²) in [6.07, 6.45) is 0.576. The molecule has 1 amide bonds. The van der Waals surface area contributed by atoms with Crippen LogP contribution in [0.25, 0.3) is 0 Å². The molecule has 5 atom stereocenters. The quantitative estimate of drug-likeness (QED) is 0.293. The number of nitrogens with zero attached hydrogens (tertiary/aromatic N) is 8. The van der Waals surface area contributed by atoms with E-state index in [1.165, 1.54) is 13.0 Å². The molecule has 2 aromatic heterocycles. The number of anilines is 2. The van der Waals surface area contributed by atoms with Crippen molar-refractivity contribution in [3.05, 3.63) is 46.3 Å². The number of nitriles is 1. The van der Waals surface area contributed by atoms with Gasteiger partial charge in [-0.05, 0) is 56.7 Å². The van der Waals surface area contributed by atoms with Crippen molar-refractivity contribution in [1.29, 1.82) is 5.26 Å². The Hall–Kier alpha value is -4.07. The molecule has 0 spiro atoms. The van der Waals surface area contributed by atoms with Crippen molar-refractivity contribution in [3.8, 4) is 12.1 Å². The summed E-state index contributed by atoms with van der Waals surface area (Å²) in [6, 6.07) is 3.14. The summed E-state index contributed by atoms with van der Waals surface area (Å²) >= 11 is 0. The summed E-state index contributed by atoms with van der Waals surface area (Å²) < 4.78 is 69.8. The van der Waals surface area contributed by atoms with Gasteiger partial charge in [-0.15, -0.1) is 0 Å². The molecule has 0 radical (unpaired) electrons. The summed E-state index contributed by atoms with van der Waals surface area (Å²) in [7, 11) is 0. The number of hydrogen-bond acceptors (Lipinski definition) is 11. The third-order valence-electron chi connectivity index (χ3n) is 11.9. The number of nitrogens with two attached hydrogens (primary N) is 1. The minimum atomic E-state index is -4.63. The number of carbonyl (C=O) groups excluding carboxylic acids is 1. The molecular weight excluding hydrogens is 706 g/mol. The Bertz CT molecular complexity index is 1780. The molecule has 12 nitrogen and oxygen atoms in total. The van der Waals surface area contributed by atoms with Gasteiger partial charge in [-0.2, -0.15) is 28.4 Å². The van der Waals surface area contributed by atoms with Crippen molar-refractivity contribution in [2.45, 2.75) is 82.2 Å². The van der Waals surface area contributed by atoms with E-state index >= 15 is 0 Å². The second-order valence-electron chi connectivity index (χ2n) is 15.5. The number of carbonyl (C=O) groups is 1. The third kappa shape index (κ3) is 7.85. The minimum Gasteiger partial charge on any atom is -0.461 e. The van der Waals surface area contributed by atoms with E-state index in [4.69, 9.17) is 25.2 Å². The Morgan fingerprint density at radius 2 is 1.94 bits per heavy atom. The fourth-order valence-electron chi connectivity index (χ4n) is 9.25. The summed E-state index contributed by atoms with van der Waals surface area (Å²) in [6.45, 7) is 9.30. The maximum atomic E-state index is 14.6. The number of morpholine rings is 1. The molecule has 2 N–H and O–H groups in total. The average molecular weight is 756 g/mol. The van der Waals surface area contributed by atoms with Gasteiger partial charge in [-0.1, -0.05) is 13.0 Å². The number of ether oxygens (including phenoxy) is 2. The maximum Gasteiger partial charge on any atom is 0.418 e. The summed E-state index contributed by atoms with van der Waals surface area (Å²) in [5, 5.41) is 9.80. The van der Waals surface area contributed by atoms with E-state index in [0.29, 0.717) is 70.3 Å². The first-order valence-electron chi connectivity index (χ1n) is 19.0. The average Bonchev–Trinajstić information content (AvgIpc) is 3.65. The zero-order valence-electron chi connectivity index (χ0n) is 31.0. The number of fused-ring (bicyclic) bond motifs is 2. The molecule has 0 bridgehead atoms. The van der Waals surface area contributed by atoms with Crippen molar-refractivity contribution in [3.63, 3.8) is 0 Å². The number of halogens is 4. The molecule has 4 aliphatic heterocycles. The predicted octanol–water partition coefficient (Wildman–Crippen LogP) is 4.07. The fourth-order valence-corrected chi connectivity index (χ4v) is 9.25.